The van der Waals surface area contributed by atoms with E-state index in [2.05, 4.69) is 10.6 Å². The summed E-state index contributed by atoms with van der Waals surface area (Å²) in [6.45, 7) is 0.391. The first-order chi connectivity index (χ1) is 11.7. The van der Waals surface area contributed by atoms with Gasteiger partial charge in [-0.1, -0.05) is 48.5 Å². The first-order valence-electron chi connectivity index (χ1n) is 7.99. The van der Waals surface area contributed by atoms with Crippen LogP contribution in [0.2, 0.25) is 0 Å². The third-order valence-electron chi connectivity index (χ3n) is 3.57. The summed E-state index contributed by atoms with van der Waals surface area (Å²) in [5, 5.41) is 14.4. The molecule has 0 aromatic heterocycles. The summed E-state index contributed by atoms with van der Waals surface area (Å²) >= 11 is 0. The van der Waals surface area contributed by atoms with E-state index in [0.717, 1.165) is 5.56 Å². The SMILES string of the molecule is O=C(N[C@H](Cc1ccccc1)C(=O)NCCCO)c1ccccc1. The summed E-state index contributed by atoms with van der Waals surface area (Å²) in [4.78, 5) is 24.7. The number of hydrogen-bond donors (Lipinski definition) is 3. The standard InChI is InChI=1S/C19H22N2O3/c22-13-7-12-20-19(24)17(14-15-8-3-1-4-9-15)21-18(23)16-10-5-2-6-11-16/h1-6,8-11,17,22H,7,12-14H2,(H,20,24)(H,21,23)/t17-/m1/s1. The molecule has 0 saturated carbocycles. The van der Waals surface area contributed by atoms with Crippen LogP contribution >= 0.6 is 0 Å². The van der Waals surface area contributed by atoms with Gasteiger partial charge >= 0.3 is 0 Å². The number of benzene rings is 2. The van der Waals surface area contributed by atoms with Gasteiger partial charge in [-0.05, 0) is 24.1 Å². The number of aliphatic hydroxyl groups excluding tert-OH is 1. The minimum Gasteiger partial charge on any atom is -0.396 e. The number of nitrogens with one attached hydrogen (secondary N) is 2. The molecule has 5 heteroatoms. The Bertz CT molecular complexity index is 644. The van der Waals surface area contributed by atoms with Crippen molar-refractivity contribution in [2.45, 2.75) is 18.9 Å². The molecule has 0 saturated heterocycles. The number of rotatable bonds is 8. The zero-order chi connectivity index (χ0) is 17.2. The molecule has 2 amide bonds. The Morgan fingerprint density at radius 1 is 0.958 bits per heavy atom. The number of amides is 2. The largest absolute Gasteiger partial charge is 0.396 e. The van der Waals surface area contributed by atoms with Crippen LogP contribution in [0.4, 0.5) is 0 Å². The summed E-state index contributed by atoms with van der Waals surface area (Å²) in [6.07, 6.45) is 0.890. The van der Waals surface area contributed by atoms with Crippen molar-refractivity contribution in [3.05, 3.63) is 71.8 Å². The molecule has 3 N–H and O–H groups in total. The van der Waals surface area contributed by atoms with Crippen LogP contribution in [0, 0.1) is 0 Å². The van der Waals surface area contributed by atoms with E-state index in [0.29, 0.717) is 24.9 Å². The lowest BCUT2D eigenvalue weighted by molar-refractivity contribution is -0.122. The van der Waals surface area contributed by atoms with Gasteiger partial charge in [-0.15, -0.1) is 0 Å². The van der Waals surface area contributed by atoms with Gasteiger partial charge in [-0.3, -0.25) is 9.59 Å². The molecule has 24 heavy (non-hydrogen) atoms. The lowest BCUT2D eigenvalue weighted by Gasteiger charge is -2.18. The van der Waals surface area contributed by atoms with E-state index in [9.17, 15) is 9.59 Å². The molecular formula is C19H22N2O3. The second-order valence-corrected chi connectivity index (χ2v) is 5.45. The number of carbonyl (C=O) groups is 2. The fraction of sp³-hybridized carbons (Fsp3) is 0.263. The predicted octanol–water partition coefficient (Wildman–Crippen LogP) is 1.53. The van der Waals surface area contributed by atoms with Crippen LogP contribution in [0.25, 0.3) is 0 Å². The van der Waals surface area contributed by atoms with E-state index < -0.39 is 6.04 Å². The number of aliphatic hydroxyl groups is 1. The van der Waals surface area contributed by atoms with Crippen LogP contribution in [-0.4, -0.2) is 36.1 Å². The quantitative estimate of drug-likeness (QED) is 0.644. The van der Waals surface area contributed by atoms with E-state index in [1.807, 2.05) is 36.4 Å². The van der Waals surface area contributed by atoms with E-state index in [4.69, 9.17) is 5.11 Å². The van der Waals surface area contributed by atoms with Crippen molar-refractivity contribution in [2.75, 3.05) is 13.2 Å². The highest BCUT2D eigenvalue weighted by atomic mass is 16.3. The Labute approximate surface area is 141 Å². The maximum absolute atomic E-state index is 12.4. The van der Waals surface area contributed by atoms with Crippen LogP contribution in [0.1, 0.15) is 22.3 Å². The molecule has 0 heterocycles. The van der Waals surface area contributed by atoms with Gasteiger partial charge < -0.3 is 15.7 Å². The molecule has 0 unspecified atom stereocenters. The molecule has 126 valence electrons. The van der Waals surface area contributed by atoms with Gasteiger partial charge in [-0.25, -0.2) is 0 Å². The minimum absolute atomic E-state index is 0.0139. The number of hydrogen-bond acceptors (Lipinski definition) is 3. The second kappa shape index (κ2) is 9.47. The van der Waals surface area contributed by atoms with Crippen LogP contribution in [-0.2, 0) is 11.2 Å². The van der Waals surface area contributed by atoms with E-state index in [-0.39, 0.29) is 18.4 Å². The van der Waals surface area contributed by atoms with Crippen LogP contribution < -0.4 is 10.6 Å². The van der Waals surface area contributed by atoms with Crippen molar-refractivity contribution >= 4 is 11.8 Å². The van der Waals surface area contributed by atoms with Gasteiger partial charge in [-0.2, -0.15) is 0 Å². The molecule has 0 aliphatic heterocycles. The third-order valence-corrected chi connectivity index (χ3v) is 3.57. The first kappa shape index (κ1) is 17.7. The Morgan fingerprint density at radius 2 is 1.58 bits per heavy atom. The van der Waals surface area contributed by atoms with Crippen molar-refractivity contribution in [1.82, 2.24) is 10.6 Å². The first-order valence-corrected chi connectivity index (χ1v) is 7.99. The summed E-state index contributed by atoms with van der Waals surface area (Å²) in [5.41, 5.74) is 1.48. The minimum atomic E-state index is -0.668. The third kappa shape index (κ3) is 5.52. The molecule has 1 atom stereocenters. The van der Waals surface area contributed by atoms with Crippen LogP contribution in [0.5, 0.6) is 0 Å². The van der Waals surface area contributed by atoms with E-state index in [1.54, 1.807) is 24.3 Å². The van der Waals surface area contributed by atoms with Gasteiger partial charge in [0, 0.05) is 25.1 Å². The number of carbonyl (C=O) groups excluding carboxylic acids is 2. The van der Waals surface area contributed by atoms with Crippen molar-refractivity contribution in [3.63, 3.8) is 0 Å². The van der Waals surface area contributed by atoms with Gasteiger partial charge in [0.25, 0.3) is 5.91 Å². The maximum Gasteiger partial charge on any atom is 0.251 e. The van der Waals surface area contributed by atoms with E-state index in [1.165, 1.54) is 0 Å². The molecule has 5 nitrogen and oxygen atoms in total. The fourth-order valence-electron chi connectivity index (χ4n) is 2.30. The van der Waals surface area contributed by atoms with Gasteiger partial charge in [0.1, 0.15) is 6.04 Å². The monoisotopic (exact) mass is 326 g/mol. The summed E-state index contributed by atoms with van der Waals surface area (Å²) in [6, 6.07) is 17.7. The van der Waals surface area contributed by atoms with Crippen molar-refractivity contribution < 1.29 is 14.7 Å². The van der Waals surface area contributed by atoms with Crippen molar-refractivity contribution in [1.29, 1.82) is 0 Å². The molecular weight excluding hydrogens is 304 g/mol. The highest BCUT2D eigenvalue weighted by Crippen LogP contribution is 2.06. The summed E-state index contributed by atoms with van der Waals surface area (Å²) < 4.78 is 0. The smallest absolute Gasteiger partial charge is 0.251 e. The molecule has 0 aliphatic carbocycles. The molecule has 0 bridgehead atoms. The highest BCUT2D eigenvalue weighted by molar-refractivity contribution is 5.97. The molecule has 0 spiro atoms. The average molecular weight is 326 g/mol. The Morgan fingerprint density at radius 3 is 2.21 bits per heavy atom. The van der Waals surface area contributed by atoms with Crippen molar-refractivity contribution in [3.8, 4) is 0 Å². The normalized spacial score (nSPS) is 11.5. The molecule has 2 rings (SSSR count). The molecule has 0 radical (unpaired) electrons. The molecule has 2 aromatic carbocycles. The Kier molecular flexibility index (Phi) is 6.98. The van der Waals surface area contributed by atoms with Gasteiger partial charge in [0.05, 0.1) is 0 Å². The molecule has 0 fully saturated rings. The Hall–Kier alpha value is -2.66. The fourth-order valence-corrected chi connectivity index (χ4v) is 2.30. The second-order valence-electron chi connectivity index (χ2n) is 5.45. The molecule has 0 aliphatic rings. The van der Waals surface area contributed by atoms with Gasteiger partial charge in [0.15, 0.2) is 0 Å². The van der Waals surface area contributed by atoms with Gasteiger partial charge in [0.2, 0.25) is 5.91 Å². The summed E-state index contributed by atoms with van der Waals surface area (Å²) in [5.74, 6) is -0.537. The highest BCUT2D eigenvalue weighted by Gasteiger charge is 2.21. The van der Waals surface area contributed by atoms with E-state index >= 15 is 0 Å². The zero-order valence-electron chi connectivity index (χ0n) is 13.4. The summed E-state index contributed by atoms with van der Waals surface area (Å²) in [7, 11) is 0. The topological polar surface area (TPSA) is 78.4 Å². The zero-order valence-corrected chi connectivity index (χ0v) is 13.4. The Balaban J connectivity index is 2.06. The van der Waals surface area contributed by atoms with Crippen molar-refractivity contribution in [2.24, 2.45) is 0 Å². The maximum atomic E-state index is 12.4. The lowest BCUT2D eigenvalue weighted by atomic mass is 10.0. The van der Waals surface area contributed by atoms with Crippen LogP contribution in [0.3, 0.4) is 0 Å². The molecule has 2 aromatic rings. The van der Waals surface area contributed by atoms with Crippen LogP contribution in [0.15, 0.2) is 60.7 Å². The predicted molar refractivity (Wildman–Crippen MR) is 92.6 cm³/mol. The average Bonchev–Trinajstić information content (AvgIpc) is 2.63. The lowest BCUT2D eigenvalue weighted by Crippen LogP contribution is -2.48.